The van der Waals surface area contributed by atoms with E-state index in [1.807, 2.05) is 24.3 Å². The van der Waals surface area contributed by atoms with Crippen LogP contribution in [0.2, 0.25) is 0 Å². The quantitative estimate of drug-likeness (QED) is 0.891. The standard InChI is InChI=1S/C15H16N2O2/c1-19-11-13-7-5-12(6-8-13)10-17-15(18)14-4-2-3-9-16-14/h2-9H,10-11H2,1H3,(H,17,18). The van der Waals surface area contributed by atoms with Crippen LogP contribution in [0.25, 0.3) is 0 Å². The molecule has 0 bridgehead atoms. The highest BCUT2D eigenvalue weighted by atomic mass is 16.5. The second kappa shape index (κ2) is 6.66. The normalized spacial score (nSPS) is 10.2. The first-order chi connectivity index (χ1) is 9.29. The Kier molecular flexibility index (Phi) is 4.64. The average molecular weight is 256 g/mol. The van der Waals surface area contributed by atoms with Crippen molar-refractivity contribution >= 4 is 5.91 Å². The molecular formula is C15H16N2O2. The topological polar surface area (TPSA) is 51.2 Å². The van der Waals surface area contributed by atoms with Crippen LogP contribution in [0, 0.1) is 0 Å². The molecule has 0 unspecified atom stereocenters. The fourth-order valence-corrected chi connectivity index (χ4v) is 1.69. The number of hydrogen-bond acceptors (Lipinski definition) is 3. The number of carbonyl (C=O) groups excluding carboxylic acids is 1. The third-order valence-corrected chi connectivity index (χ3v) is 2.68. The van der Waals surface area contributed by atoms with Gasteiger partial charge in [-0.3, -0.25) is 9.78 Å². The lowest BCUT2D eigenvalue weighted by Gasteiger charge is -2.06. The van der Waals surface area contributed by atoms with E-state index < -0.39 is 0 Å². The number of nitrogens with zero attached hydrogens (tertiary/aromatic N) is 1. The van der Waals surface area contributed by atoms with E-state index >= 15 is 0 Å². The number of rotatable bonds is 5. The van der Waals surface area contributed by atoms with Crippen molar-refractivity contribution in [2.75, 3.05) is 7.11 Å². The van der Waals surface area contributed by atoms with Gasteiger partial charge in [0.05, 0.1) is 6.61 Å². The summed E-state index contributed by atoms with van der Waals surface area (Å²) in [5.74, 6) is -0.165. The molecule has 4 heteroatoms. The number of aromatic nitrogens is 1. The molecule has 1 amide bonds. The van der Waals surface area contributed by atoms with E-state index in [2.05, 4.69) is 10.3 Å². The Morgan fingerprint density at radius 1 is 1.16 bits per heavy atom. The summed E-state index contributed by atoms with van der Waals surface area (Å²) < 4.78 is 5.05. The van der Waals surface area contributed by atoms with Gasteiger partial charge in [0.2, 0.25) is 0 Å². The highest BCUT2D eigenvalue weighted by Gasteiger charge is 2.05. The molecule has 19 heavy (non-hydrogen) atoms. The van der Waals surface area contributed by atoms with Crippen LogP contribution in [-0.2, 0) is 17.9 Å². The average Bonchev–Trinajstić information content (AvgIpc) is 2.47. The highest BCUT2D eigenvalue weighted by molar-refractivity contribution is 5.92. The van der Waals surface area contributed by atoms with Crippen LogP contribution < -0.4 is 5.32 Å². The van der Waals surface area contributed by atoms with Crippen LogP contribution in [0.3, 0.4) is 0 Å². The summed E-state index contributed by atoms with van der Waals surface area (Å²) in [6, 6.07) is 13.2. The second-order valence-electron chi connectivity index (χ2n) is 4.15. The molecule has 0 aliphatic rings. The lowest BCUT2D eigenvalue weighted by atomic mass is 10.1. The van der Waals surface area contributed by atoms with Gasteiger partial charge < -0.3 is 10.1 Å². The highest BCUT2D eigenvalue weighted by Crippen LogP contribution is 2.05. The molecule has 0 saturated carbocycles. The zero-order valence-electron chi connectivity index (χ0n) is 10.8. The summed E-state index contributed by atoms with van der Waals surface area (Å²) in [7, 11) is 1.67. The van der Waals surface area contributed by atoms with E-state index in [1.165, 1.54) is 0 Å². The summed E-state index contributed by atoms with van der Waals surface area (Å²) >= 11 is 0. The second-order valence-corrected chi connectivity index (χ2v) is 4.15. The van der Waals surface area contributed by atoms with Crippen LogP contribution in [0.5, 0.6) is 0 Å². The van der Waals surface area contributed by atoms with Crippen LogP contribution in [0.4, 0.5) is 0 Å². The van der Waals surface area contributed by atoms with Crippen molar-refractivity contribution in [2.24, 2.45) is 0 Å². The SMILES string of the molecule is COCc1ccc(CNC(=O)c2ccccn2)cc1. The van der Waals surface area contributed by atoms with Gasteiger partial charge in [0.15, 0.2) is 0 Å². The maximum atomic E-state index is 11.8. The van der Waals surface area contributed by atoms with Gasteiger partial charge >= 0.3 is 0 Å². The molecule has 2 rings (SSSR count). The minimum atomic E-state index is -0.165. The Bertz CT molecular complexity index is 524. The Labute approximate surface area is 112 Å². The van der Waals surface area contributed by atoms with E-state index in [-0.39, 0.29) is 5.91 Å². The van der Waals surface area contributed by atoms with Gasteiger partial charge in [0.1, 0.15) is 5.69 Å². The van der Waals surface area contributed by atoms with Gasteiger partial charge in [-0.1, -0.05) is 30.3 Å². The molecule has 0 fully saturated rings. The first-order valence-corrected chi connectivity index (χ1v) is 6.05. The van der Waals surface area contributed by atoms with Crippen molar-refractivity contribution in [3.05, 3.63) is 65.5 Å². The number of hydrogen-bond donors (Lipinski definition) is 1. The zero-order valence-corrected chi connectivity index (χ0v) is 10.8. The van der Waals surface area contributed by atoms with Gasteiger partial charge in [-0.05, 0) is 23.3 Å². The van der Waals surface area contributed by atoms with Gasteiger partial charge in [-0.15, -0.1) is 0 Å². The van der Waals surface area contributed by atoms with Crippen molar-refractivity contribution in [1.29, 1.82) is 0 Å². The summed E-state index contributed by atoms with van der Waals surface area (Å²) in [6.07, 6.45) is 1.61. The third-order valence-electron chi connectivity index (χ3n) is 2.68. The summed E-state index contributed by atoms with van der Waals surface area (Å²) in [5, 5.41) is 2.83. The molecule has 0 aliphatic heterocycles. The van der Waals surface area contributed by atoms with Gasteiger partial charge in [0.25, 0.3) is 5.91 Å². The van der Waals surface area contributed by atoms with E-state index in [0.717, 1.165) is 11.1 Å². The Hall–Kier alpha value is -2.20. The Morgan fingerprint density at radius 3 is 2.53 bits per heavy atom. The lowest BCUT2D eigenvalue weighted by molar-refractivity contribution is 0.0946. The largest absolute Gasteiger partial charge is 0.380 e. The maximum absolute atomic E-state index is 11.8. The number of ether oxygens (including phenoxy) is 1. The Balaban J connectivity index is 1.90. The van der Waals surface area contributed by atoms with E-state index in [0.29, 0.717) is 18.8 Å². The fourth-order valence-electron chi connectivity index (χ4n) is 1.69. The molecule has 1 aromatic heterocycles. The Morgan fingerprint density at radius 2 is 1.89 bits per heavy atom. The van der Waals surface area contributed by atoms with Crippen LogP contribution in [0.15, 0.2) is 48.7 Å². The van der Waals surface area contributed by atoms with Crippen molar-refractivity contribution < 1.29 is 9.53 Å². The van der Waals surface area contributed by atoms with Crippen molar-refractivity contribution in [3.8, 4) is 0 Å². The number of pyridine rings is 1. The minimum absolute atomic E-state index is 0.165. The number of amides is 1. The molecule has 0 saturated heterocycles. The first-order valence-electron chi connectivity index (χ1n) is 6.05. The van der Waals surface area contributed by atoms with Crippen LogP contribution in [-0.4, -0.2) is 18.0 Å². The molecule has 2 aromatic rings. The first kappa shape index (κ1) is 13.2. The molecule has 98 valence electrons. The van der Waals surface area contributed by atoms with Gasteiger partial charge in [-0.25, -0.2) is 0 Å². The number of nitrogens with one attached hydrogen (secondary N) is 1. The zero-order chi connectivity index (χ0) is 13.5. The summed E-state index contributed by atoms with van der Waals surface area (Å²) in [4.78, 5) is 15.8. The molecule has 0 aliphatic carbocycles. The molecule has 1 aromatic carbocycles. The van der Waals surface area contributed by atoms with E-state index in [1.54, 1.807) is 31.5 Å². The summed E-state index contributed by atoms with van der Waals surface area (Å²) in [6.45, 7) is 1.09. The minimum Gasteiger partial charge on any atom is -0.380 e. The van der Waals surface area contributed by atoms with Gasteiger partial charge in [0, 0.05) is 19.9 Å². The van der Waals surface area contributed by atoms with Crippen LogP contribution in [0.1, 0.15) is 21.6 Å². The van der Waals surface area contributed by atoms with Crippen molar-refractivity contribution in [2.45, 2.75) is 13.2 Å². The molecular weight excluding hydrogens is 240 g/mol. The fraction of sp³-hybridized carbons (Fsp3) is 0.200. The predicted octanol–water partition coefficient (Wildman–Crippen LogP) is 2.16. The predicted molar refractivity (Wildman–Crippen MR) is 72.6 cm³/mol. The number of carbonyl (C=O) groups is 1. The lowest BCUT2D eigenvalue weighted by Crippen LogP contribution is -2.23. The maximum Gasteiger partial charge on any atom is 0.270 e. The van der Waals surface area contributed by atoms with Crippen LogP contribution >= 0.6 is 0 Å². The molecule has 0 spiro atoms. The van der Waals surface area contributed by atoms with Crippen molar-refractivity contribution in [3.63, 3.8) is 0 Å². The molecule has 0 radical (unpaired) electrons. The number of methoxy groups -OCH3 is 1. The third kappa shape index (κ3) is 3.89. The molecule has 1 N–H and O–H groups in total. The van der Waals surface area contributed by atoms with E-state index in [4.69, 9.17) is 4.74 Å². The van der Waals surface area contributed by atoms with Gasteiger partial charge in [-0.2, -0.15) is 0 Å². The number of benzene rings is 1. The van der Waals surface area contributed by atoms with E-state index in [9.17, 15) is 4.79 Å². The van der Waals surface area contributed by atoms with Crippen molar-refractivity contribution in [1.82, 2.24) is 10.3 Å². The monoisotopic (exact) mass is 256 g/mol. The molecule has 4 nitrogen and oxygen atoms in total. The molecule has 1 heterocycles. The summed E-state index contributed by atoms with van der Waals surface area (Å²) in [5.41, 5.74) is 2.59. The molecule has 0 atom stereocenters. The smallest absolute Gasteiger partial charge is 0.270 e.